The van der Waals surface area contributed by atoms with E-state index < -0.39 is 0 Å². The molecule has 0 aromatic heterocycles. The molecule has 0 saturated carbocycles. The Bertz CT molecular complexity index is 417. The predicted octanol–water partition coefficient (Wildman–Crippen LogP) is 3.57. The molecule has 0 amide bonds. The van der Waals surface area contributed by atoms with Gasteiger partial charge in [-0.25, -0.2) is 0 Å². The minimum atomic E-state index is 0.443. The third-order valence-corrected chi connectivity index (χ3v) is 3.49. The molecule has 0 radical (unpaired) electrons. The number of benzene rings is 1. The van der Waals surface area contributed by atoms with Crippen LogP contribution < -0.4 is 10.1 Å². The van der Waals surface area contributed by atoms with Crippen LogP contribution in [0.4, 0.5) is 0 Å². The Labute approximate surface area is 111 Å². The van der Waals surface area contributed by atoms with Crippen molar-refractivity contribution in [2.45, 2.75) is 25.3 Å². The summed E-state index contributed by atoms with van der Waals surface area (Å²) >= 11 is 3.39. The number of ether oxygens (including phenoxy) is 1. The first kappa shape index (κ1) is 12.7. The molecule has 0 heterocycles. The maximum absolute atomic E-state index is 5.27. The lowest BCUT2D eigenvalue weighted by atomic mass is 9.87. The van der Waals surface area contributed by atoms with Gasteiger partial charge in [-0.2, -0.15) is 0 Å². The van der Waals surface area contributed by atoms with Gasteiger partial charge in [0.05, 0.1) is 7.11 Å². The van der Waals surface area contributed by atoms with Crippen LogP contribution in [0.1, 0.15) is 30.0 Å². The Kier molecular flexibility index (Phi) is 4.24. The average molecular weight is 296 g/mol. The number of hydrogen-bond donors (Lipinski definition) is 1. The highest BCUT2D eigenvalue weighted by molar-refractivity contribution is 9.11. The van der Waals surface area contributed by atoms with Crippen molar-refractivity contribution >= 4 is 15.9 Å². The first-order valence-electron chi connectivity index (χ1n) is 5.94. The lowest BCUT2D eigenvalue weighted by Crippen LogP contribution is -2.26. The van der Waals surface area contributed by atoms with E-state index in [0.29, 0.717) is 6.04 Å². The van der Waals surface area contributed by atoms with Crippen LogP contribution >= 0.6 is 15.9 Å². The standard InChI is InChI=1S/C14H18BrNO/c1-10(15)9-16-14-5-3-4-11-8-12(17-2)6-7-13(11)14/h6-8,14,16H,1,3-5,9H2,2H3. The van der Waals surface area contributed by atoms with E-state index >= 15 is 0 Å². The number of rotatable bonds is 4. The van der Waals surface area contributed by atoms with E-state index in [1.165, 1.54) is 24.0 Å². The van der Waals surface area contributed by atoms with Crippen LogP contribution in [-0.2, 0) is 6.42 Å². The highest BCUT2D eigenvalue weighted by Crippen LogP contribution is 2.32. The van der Waals surface area contributed by atoms with Crippen LogP contribution in [0.25, 0.3) is 0 Å². The summed E-state index contributed by atoms with van der Waals surface area (Å²) in [7, 11) is 1.72. The van der Waals surface area contributed by atoms with Crippen molar-refractivity contribution < 1.29 is 4.74 Å². The molecule has 1 aliphatic rings. The summed E-state index contributed by atoms with van der Waals surface area (Å²) in [5.41, 5.74) is 2.82. The molecule has 2 nitrogen and oxygen atoms in total. The summed E-state index contributed by atoms with van der Waals surface area (Å²) in [6.45, 7) is 4.67. The lowest BCUT2D eigenvalue weighted by molar-refractivity contribution is 0.411. The summed E-state index contributed by atoms with van der Waals surface area (Å²) in [4.78, 5) is 0. The van der Waals surface area contributed by atoms with Crippen LogP contribution in [-0.4, -0.2) is 13.7 Å². The molecule has 3 heteroatoms. The van der Waals surface area contributed by atoms with Crippen LogP contribution in [0.15, 0.2) is 29.3 Å². The second-order valence-corrected chi connectivity index (χ2v) is 5.53. The zero-order valence-electron chi connectivity index (χ0n) is 10.1. The van der Waals surface area contributed by atoms with Gasteiger partial charge in [-0.3, -0.25) is 0 Å². The number of hydrogen-bond acceptors (Lipinski definition) is 2. The zero-order chi connectivity index (χ0) is 12.3. The van der Waals surface area contributed by atoms with Gasteiger partial charge >= 0.3 is 0 Å². The zero-order valence-corrected chi connectivity index (χ0v) is 11.7. The molecule has 1 aromatic carbocycles. The van der Waals surface area contributed by atoms with E-state index in [9.17, 15) is 0 Å². The molecule has 2 rings (SSSR count). The van der Waals surface area contributed by atoms with Crippen molar-refractivity contribution in [2.75, 3.05) is 13.7 Å². The third kappa shape index (κ3) is 3.11. The minimum Gasteiger partial charge on any atom is -0.497 e. The molecular formula is C14H18BrNO. The van der Waals surface area contributed by atoms with Crippen LogP contribution in [0.3, 0.4) is 0 Å². The molecule has 1 aromatic rings. The number of nitrogens with one attached hydrogen (secondary N) is 1. The number of halogens is 1. The summed E-state index contributed by atoms with van der Waals surface area (Å²) in [5.74, 6) is 0.953. The monoisotopic (exact) mass is 295 g/mol. The Morgan fingerprint density at radius 2 is 2.41 bits per heavy atom. The van der Waals surface area contributed by atoms with Crippen LogP contribution in [0, 0.1) is 0 Å². The van der Waals surface area contributed by atoms with Gasteiger partial charge in [0, 0.05) is 17.1 Å². The SMILES string of the molecule is C=C(Br)CNC1CCCc2cc(OC)ccc21. The molecule has 0 spiro atoms. The van der Waals surface area contributed by atoms with Gasteiger partial charge in [0.1, 0.15) is 5.75 Å². The van der Waals surface area contributed by atoms with Crippen molar-refractivity contribution in [1.82, 2.24) is 5.32 Å². The Morgan fingerprint density at radius 3 is 3.12 bits per heavy atom. The number of methoxy groups -OCH3 is 1. The third-order valence-electron chi connectivity index (χ3n) is 3.20. The van der Waals surface area contributed by atoms with E-state index in [0.717, 1.165) is 23.2 Å². The van der Waals surface area contributed by atoms with Crippen molar-refractivity contribution in [1.29, 1.82) is 0 Å². The van der Waals surface area contributed by atoms with E-state index in [4.69, 9.17) is 4.74 Å². The molecule has 1 unspecified atom stereocenters. The van der Waals surface area contributed by atoms with Crippen molar-refractivity contribution in [3.8, 4) is 5.75 Å². The fourth-order valence-corrected chi connectivity index (χ4v) is 2.53. The van der Waals surface area contributed by atoms with E-state index in [-0.39, 0.29) is 0 Å². The van der Waals surface area contributed by atoms with Gasteiger partial charge in [-0.15, -0.1) is 0 Å². The van der Waals surface area contributed by atoms with E-state index in [1.54, 1.807) is 7.11 Å². The topological polar surface area (TPSA) is 21.3 Å². The van der Waals surface area contributed by atoms with Gasteiger partial charge in [-0.1, -0.05) is 28.6 Å². The highest BCUT2D eigenvalue weighted by Gasteiger charge is 2.19. The molecule has 0 bridgehead atoms. The molecule has 17 heavy (non-hydrogen) atoms. The van der Waals surface area contributed by atoms with Crippen LogP contribution in [0.5, 0.6) is 5.75 Å². The first-order chi connectivity index (χ1) is 8.20. The average Bonchev–Trinajstić information content (AvgIpc) is 2.35. The summed E-state index contributed by atoms with van der Waals surface area (Å²) in [5, 5.41) is 3.53. The maximum Gasteiger partial charge on any atom is 0.119 e. The Hall–Kier alpha value is -0.800. The van der Waals surface area contributed by atoms with Crippen LogP contribution in [0.2, 0.25) is 0 Å². The smallest absolute Gasteiger partial charge is 0.119 e. The largest absolute Gasteiger partial charge is 0.497 e. The van der Waals surface area contributed by atoms with Gasteiger partial charge in [0.15, 0.2) is 0 Å². The molecule has 1 atom stereocenters. The number of aryl methyl sites for hydroxylation is 1. The second-order valence-electron chi connectivity index (χ2n) is 4.41. The van der Waals surface area contributed by atoms with Crippen molar-refractivity contribution in [3.63, 3.8) is 0 Å². The summed E-state index contributed by atoms with van der Waals surface area (Å²) < 4.78 is 6.27. The maximum atomic E-state index is 5.27. The quantitative estimate of drug-likeness (QED) is 0.917. The molecule has 0 fully saturated rings. The highest BCUT2D eigenvalue weighted by atomic mass is 79.9. The summed E-state index contributed by atoms with van der Waals surface area (Å²) in [6.07, 6.45) is 3.58. The number of fused-ring (bicyclic) bond motifs is 1. The molecule has 0 aliphatic heterocycles. The van der Waals surface area contributed by atoms with E-state index in [2.05, 4.69) is 40.0 Å². The fourth-order valence-electron chi connectivity index (χ4n) is 2.36. The van der Waals surface area contributed by atoms with Gasteiger partial charge in [0.25, 0.3) is 0 Å². The molecule has 0 saturated heterocycles. The lowest BCUT2D eigenvalue weighted by Gasteiger charge is -2.26. The normalized spacial score (nSPS) is 18.6. The first-order valence-corrected chi connectivity index (χ1v) is 6.73. The van der Waals surface area contributed by atoms with Crippen molar-refractivity contribution in [2.24, 2.45) is 0 Å². The van der Waals surface area contributed by atoms with Crippen molar-refractivity contribution in [3.05, 3.63) is 40.4 Å². The van der Waals surface area contributed by atoms with E-state index in [1.807, 2.05) is 6.07 Å². The minimum absolute atomic E-state index is 0.443. The Morgan fingerprint density at radius 1 is 1.59 bits per heavy atom. The molecule has 1 N–H and O–H groups in total. The molecular weight excluding hydrogens is 278 g/mol. The second kappa shape index (κ2) is 5.69. The van der Waals surface area contributed by atoms with Gasteiger partial charge in [0.2, 0.25) is 0 Å². The summed E-state index contributed by atoms with van der Waals surface area (Å²) in [6, 6.07) is 6.83. The van der Waals surface area contributed by atoms with Gasteiger partial charge in [-0.05, 0) is 42.5 Å². The predicted molar refractivity (Wildman–Crippen MR) is 74.7 cm³/mol. The van der Waals surface area contributed by atoms with Gasteiger partial charge < -0.3 is 10.1 Å². The fraction of sp³-hybridized carbons (Fsp3) is 0.429. The molecule has 1 aliphatic carbocycles. The Balaban J connectivity index is 2.16. The molecule has 92 valence electrons.